The molecule has 138 valence electrons. The second-order valence-electron chi connectivity index (χ2n) is 6.83. The number of nitrogens with zero attached hydrogens (tertiary/aromatic N) is 3. The Morgan fingerprint density at radius 3 is 1.44 bits per heavy atom. The lowest BCUT2D eigenvalue weighted by Crippen LogP contribution is -2.55. The number of anilines is 3. The zero-order chi connectivity index (χ0) is 18.8. The SMILES string of the molecule is Cc1ccc(N2CN(c3ccc(F)cc3)CN(c3ccc(Cl)cc3)C2)cc1. The molecule has 0 radical (unpaired) electrons. The maximum absolute atomic E-state index is 13.4. The second-order valence-corrected chi connectivity index (χ2v) is 7.27. The first-order chi connectivity index (χ1) is 13.1. The zero-order valence-corrected chi connectivity index (χ0v) is 15.9. The van der Waals surface area contributed by atoms with E-state index in [1.807, 2.05) is 36.4 Å². The minimum absolute atomic E-state index is 0.222. The quantitative estimate of drug-likeness (QED) is 0.593. The van der Waals surface area contributed by atoms with E-state index in [4.69, 9.17) is 11.6 Å². The van der Waals surface area contributed by atoms with E-state index in [1.54, 1.807) is 0 Å². The van der Waals surface area contributed by atoms with Crippen molar-refractivity contribution in [3.05, 3.63) is 89.2 Å². The lowest BCUT2D eigenvalue weighted by molar-refractivity contribution is 0.607. The first-order valence-corrected chi connectivity index (χ1v) is 9.29. The van der Waals surface area contributed by atoms with E-state index in [1.165, 1.54) is 17.7 Å². The molecule has 0 atom stereocenters. The molecule has 3 aromatic rings. The van der Waals surface area contributed by atoms with Gasteiger partial charge in [-0.15, -0.1) is 0 Å². The van der Waals surface area contributed by atoms with Crippen LogP contribution >= 0.6 is 11.6 Å². The summed E-state index contributed by atoms with van der Waals surface area (Å²) >= 11 is 6.05. The van der Waals surface area contributed by atoms with Crippen LogP contribution in [-0.2, 0) is 0 Å². The predicted molar refractivity (Wildman–Crippen MR) is 111 cm³/mol. The summed E-state index contributed by atoms with van der Waals surface area (Å²) in [6.45, 7) is 4.31. The van der Waals surface area contributed by atoms with Crippen LogP contribution in [0.5, 0.6) is 0 Å². The van der Waals surface area contributed by atoms with Crippen molar-refractivity contribution >= 4 is 28.7 Å². The molecule has 27 heavy (non-hydrogen) atoms. The molecule has 3 aromatic carbocycles. The Bertz CT molecular complexity index is 766. The summed E-state index contributed by atoms with van der Waals surface area (Å²) in [4.78, 5) is 6.82. The molecule has 1 fully saturated rings. The highest BCUT2D eigenvalue weighted by atomic mass is 35.5. The van der Waals surface area contributed by atoms with Crippen molar-refractivity contribution in [3.63, 3.8) is 0 Å². The molecule has 1 aliphatic rings. The highest BCUT2D eigenvalue weighted by Gasteiger charge is 2.24. The van der Waals surface area contributed by atoms with Crippen LogP contribution in [0.3, 0.4) is 0 Å². The summed E-state index contributed by atoms with van der Waals surface area (Å²) in [7, 11) is 0. The average Bonchev–Trinajstić information content (AvgIpc) is 2.69. The van der Waals surface area contributed by atoms with Gasteiger partial charge in [-0.1, -0.05) is 29.3 Å². The van der Waals surface area contributed by atoms with Crippen LogP contribution in [0.4, 0.5) is 21.5 Å². The molecule has 0 bridgehead atoms. The molecule has 0 aliphatic carbocycles. The largest absolute Gasteiger partial charge is 0.336 e. The van der Waals surface area contributed by atoms with E-state index in [0.717, 1.165) is 42.1 Å². The van der Waals surface area contributed by atoms with Crippen molar-refractivity contribution in [2.75, 3.05) is 34.7 Å². The van der Waals surface area contributed by atoms with Crippen molar-refractivity contribution in [2.45, 2.75) is 6.92 Å². The molecule has 4 rings (SSSR count). The van der Waals surface area contributed by atoms with Gasteiger partial charge in [0.2, 0.25) is 0 Å². The van der Waals surface area contributed by atoms with Crippen molar-refractivity contribution in [2.24, 2.45) is 0 Å². The predicted octanol–water partition coefficient (Wildman–Crippen LogP) is 5.49. The third-order valence-electron chi connectivity index (χ3n) is 4.81. The maximum Gasteiger partial charge on any atom is 0.123 e. The summed E-state index contributed by atoms with van der Waals surface area (Å²) in [6.07, 6.45) is 0. The van der Waals surface area contributed by atoms with Crippen molar-refractivity contribution in [3.8, 4) is 0 Å². The summed E-state index contributed by atoms with van der Waals surface area (Å²) in [6, 6.07) is 23.1. The Balaban J connectivity index is 1.66. The van der Waals surface area contributed by atoms with Crippen molar-refractivity contribution in [1.29, 1.82) is 0 Å². The van der Waals surface area contributed by atoms with Gasteiger partial charge in [-0.2, -0.15) is 0 Å². The van der Waals surface area contributed by atoms with E-state index in [-0.39, 0.29) is 5.82 Å². The van der Waals surface area contributed by atoms with Crippen LogP contribution in [0.2, 0.25) is 5.02 Å². The number of hydrogen-bond donors (Lipinski definition) is 0. The minimum atomic E-state index is -0.222. The third-order valence-corrected chi connectivity index (χ3v) is 5.06. The Hall–Kier alpha value is -2.72. The molecule has 1 aliphatic heterocycles. The van der Waals surface area contributed by atoms with Gasteiger partial charge in [-0.3, -0.25) is 0 Å². The van der Waals surface area contributed by atoms with E-state index >= 15 is 0 Å². The topological polar surface area (TPSA) is 9.72 Å². The number of aryl methyl sites for hydroxylation is 1. The van der Waals surface area contributed by atoms with Gasteiger partial charge in [0.05, 0.1) is 20.0 Å². The first-order valence-electron chi connectivity index (χ1n) is 8.91. The highest BCUT2D eigenvalue weighted by molar-refractivity contribution is 6.30. The van der Waals surface area contributed by atoms with Gasteiger partial charge in [0.25, 0.3) is 0 Å². The monoisotopic (exact) mass is 381 g/mol. The number of rotatable bonds is 3. The standard InChI is InChI=1S/C22H21ClFN3/c1-17-2-8-20(9-3-17)25-14-26(21-10-4-18(23)5-11-21)16-27(15-25)22-12-6-19(24)7-13-22/h2-13H,14-16H2,1H3. The lowest BCUT2D eigenvalue weighted by Gasteiger charge is -2.45. The Labute approximate surface area is 164 Å². The Morgan fingerprint density at radius 1 is 0.630 bits per heavy atom. The fraction of sp³-hybridized carbons (Fsp3) is 0.182. The maximum atomic E-state index is 13.4. The minimum Gasteiger partial charge on any atom is -0.336 e. The fourth-order valence-corrected chi connectivity index (χ4v) is 3.43. The van der Waals surface area contributed by atoms with Crippen LogP contribution in [0.1, 0.15) is 5.56 Å². The van der Waals surface area contributed by atoms with Crippen LogP contribution in [0, 0.1) is 12.7 Å². The van der Waals surface area contributed by atoms with E-state index in [9.17, 15) is 4.39 Å². The van der Waals surface area contributed by atoms with E-state index < -0.39 is 0 Å². The molecule has 0 N–H and O–H groups in total. The van der Waals surface area contributed by atoms with Gasteiger partial charge in [0.15, 0.2) is 0 Å². The molecule has 0 spiro atoms. The van der Waals surface area contributed by atoms with Gasteiger partial charge in [-0.25, -0.2) is 4.39 Å². The second kappa shape index (κ2) is 7.49. The van der Waals surface area contributed by atoms with Crippen molar-refractivity contribution in [1.82, 2.24) is 0 Å². The Kier molecular flexibility index (Phi) is 4.90. The number of hydrogen-bond acceptors (Lipinski definition) is 3. The number of benzene rings is 3. The Morgan fingerprint density at radius 2 is 1.00 bits per heavy atom. The van der Waals surface area contributed by atoms with Gasteiger partial charge in [0, 0.05) is 22.1 Å². The summed E-state index contributed by atoms with van der Waals surface area (Å²) in [5.74, 6) is -0.222. The lowest BCUT2D eigenvalue weighted by atomic mass is 10.2. The van der Waals surface area contributed by atoms with Gasteiger partial charge in [-0.05, 0) is 67.6 Å². The molecular weight excluding hydrogens is 361 g/mol. The average molecular weight is 382 g/mol. The van der Waals surface area contributed by atoms with Crippen LogP contribution in [0.25, 0.3) is 0 Å². The zero-order valence-electron chi connectivity index (χ0n) is 15.1. The summed E-state index contributed by atoms with van der Waals surface area (Å²) in [5.41, 5.74) is 4.49. The van der Waals surface area contributed by atoms with Gasteiger partial charge in [0.1, 0.15) is 5.82 Å². The van der Waals surface area contributed by atoms with E-state index in [0.29, 0.717) is 0 Å². The van der Waals surface area contributed by atoms with Crippen molar-refractivity contribution < 1.29 is 4.39 Å². The highest BCUT2D eigenvalue weighted by Crippen LogP contribution is 2.27. The van der Waals surface area contributed by atoms with Crippen LogP contribution in [0.15, 0.2) is 72.8 Å². The number of halogens is 2. The normalized spacial score (nSPS) is 14.6. The first kappa shape index (κ1) is 17.7. The van der Waals surface area contributed by atoms with E-state index in [2.05, 4.69) is 45.9 Å². The molecule has 5 heteroatoms. The van der Waals surface area contributed by atoms with Gasteiger partial charge < -0.3 is 14.7 Å². The van der Waals surface area contributed by atoms with Gasteiger partial charge >= 0.3 is 0 Å². The third kappa shape index (κ3) is 4.01. The molecule has 1 heterocycles. The summed E-state index contributed by atoms with van der Waals surface area (Å²) < 4.78 is 13.4. The van der Waals surface area contributed by atoms with Crippen LogP contribution in [-0.4, -0.2) is 20.0 Å². The fourth-order valence-electron chi connectivity index (χ4n) is 3.30. The smallest absolute Gasteiger partial charge is 0.123 e. The molecule has 1 saturated heterocycles. The molecule has 0 unspecified atom stereocenters. The van der Waals surface area contributed by atoms with Crippen LogP contribution < -0.4 is 14.7 Å². The summed E-state index contributed by atoms with van der Waals surface area (Å²) in [5, 5.41) is 0.724. The molecular formula is C22H21ClFN3. The molecule has 0 aromatic heterocycles. The molecule has 0 amide bonds. The molecule has 0 saturated carbocycles. The molecule has 3 nitrogen and oxygen atoms in total.